The lowest BCUT2D eigenvalue weighted by Gasteiger charge is -2.22. The SMILES string of the molecule is COc1cc(OC)cc(C(NC(=O)NCc2ccc(N3CCCCCC3)nc2)c2nccn2C)c1. The van der Waals surface area contributed by atoms with E-state index in [1.807, 2.05) is 48.3 Å². The zero-order valence-corrected chi connectivity index (χ0v) is 20.7. The van der Waals surface area contributed by atoms with Crippen LogP contribution in [0.1, 0.15) is 48.7 Å². The van der Waals surface area contributed by atoms with Crippen LogP contribution >= 0.6 is 0 Å². The maximum atomic E-state index is 12.9. The van der Waals surface area contributed by atoms with Crippen LogP contribution in [-0.4, -0.2) is 47.9 Å². The number of nitrogens with one attached hydrogen (secondary N) is 2. The number of rotatable bonds is 8. The van der Waals surface area contributed by atoms with E-state index in [1.165, 1.54) is 25.7 Å². The molecular formula is C26H34N6O3. The summed E-state index contributed by atoms with van der Waals surface area (Å²) in [5.41, 5.74) is 1.74. The van der Waals surface area contributed by atoms with Crippen LogP contribution in [0.5, 0.6) is 11.5 Å². The number of imidazole rings is 1. The van der Waals surface area contributed by atoms with Gasteiger partial charge in [0.2, 0.25) is 0 Å². The van der Waals surface area contributed by atoms with Crippen LogP contribution in [0.4, 0.5) is 10.6 Å². The highest BCUT2D eigenvalue weighted by Gasteiger charge is 2.22. The fraction of sp³-hybridized carbons (Fsp3) is 0.423. The van der Waals surface area contributed by atoms with Gasteiger partial charge in [0.05, 0.1) is 14.2 Å². The Morgan fingerprint density at radius 1 is 1.03 bits per heavy atom. The van der Waals surface area contributed by atoms with Crippen molar-refractivity contribution in [2.45, 2.75) is 38.3 Å². The van der Waals surface area contributed by atoms with Gasteiger partial charge in [0.1, 0.15) is 29.2 Å². The van der Waals surface area contributed by atoms with Crippen molar-refractivity contribution in [1.82, 2.24) is 25.2 Å². The molecule has 1 fully saturated rings. The monoisotopic (exact) mass is 478 g/mol. The molecule has 1 saturated heterocycles. The van der Waals surface area contributed by atoms with Gasteiger partial charge >= 0.3 is 6.03 Å². The molecule has 1 unspecified atom stereocenters. The lowest BCUT2D eigenvalue weighted by Crippen LogP contribution is -2.39. The van der Waals surface area contributed by atoms with Crippen LogP contribution in [0, 0.1) is 0 Å². The Bertz CT molecular complexity index is 1080. The molecule has 3 heterocycles. The van der Waals surface area contributed by atoms with E-state index in [4.69, 9.17) is 9.47 Å². The fourth-order valence-corrected chi connectivity index (χ4v) is 4.32. The topological polar surface area (TPSA) is 93.5 Å². The summed E-state index contributed by atoms with van der Waals surface area (Å²) < 4.78 is 12.7. The van der Waals surface area contributed by atoms with Crippen molar-refractivity contribution in [1.29, 1.82) is 0 Å². The average Bonchev–Trinajstić information content (AvgIpc) is 3.13. The number of aryl methyl sites for hydroxylation is 1. The summed E-state index contributed by atoms with van der Waals surface area (Å²) in [6.45, 7) is 2.47. The van der Waals surface area contributed by atoms with Crippen molar-refractivity contribution in [2.24, 2.45) is 7.05 Å². The van der Waals surface area contributed by atoms with Gasteiger partial charge in [-0.2, -0.15) is 0 Å². The summed E-state index contributed by atoms with van der Waals surface area (Å²) >= 11 is 0. The summed E-state index contributed by atoms with van der Waals surface area (Å²) in [6.07, 6.45) is 10.4. The van der Waals surface area contributed by atoms with Gasteiger partial charge in [0, 0.05) is 51.3 Å². The van der Waals surface area contributed by atoms with Gasteiger partial charge in [0.15, 0.2) is 0 Å². The first-order valence-electron chi connectivity index (χ1n) is 12.0. The van der Waals surface area contributed by atoms with Gasteiger partial charge in [-0.25, -0.2) is 14.8 Å². The number of pyridine rings is 1. The van der Waals surface area contributed by atoms with E-state index < -0.39 is 6.04 Å². The van der Waals surface area contributed by atoms with Crippen LogP contribution in [-0.2, 0) is 13.6 Å². The van der Waals surface area contributed by atoms with Gasteiger partial charge in [-0.3, -0.25) is 0 Å². The first-order chi connectivity index (χ1) is 17.1. The number of amides is 2. The molecule has 2 N–H and O–H groups in total. The highest BCUT2D eigenvalue weighted by Crippen LogP contribution is 2.29. The molecule has 3 aromatic rings. The van der Waals surface area contributed by atoms with E-state index >= 15 is 0 Å². The first kappa shape index (κ1) is 24.4. The average molecular weight is 479 g/mol. The summed E-state index contributed by atoms with van der Waals surface area (Å²) in [5, 5.41) is 5.99. The predicted octanol–water partition coefficient (Wildman–Crippen LogP) is 3.80. The van der Waals surface area contributed by atoms with Crippen molar-refractivity contribution < 1.29 is 14.3 Å². The molecule has 2 amide bonds. The zero-order valence-electron chi connectivity index (χ0n) is 20.7. The van der Waals surface area contributed by atoms with Crippen LogP contribution in [0.25, 0.3) is 0 Å². The number of ether oxygens (including phenoxy) is 2. The largest absolute Gasteiger partial charge is 0.497 e. The summed E-state index contributed by atoms with van der Waals surface area (Å²) in [6, 6.07) is 8.79. The predicted molar refractivity (Wildman–Crippen MR) is 135 cm³/mol. The Morgan fingerprint density at radius 2 is 1.74 bits per heavy atom. The van der Waals surface area contributed by atoms with Crippen molar-refractivity contribution in [3.63, 3.8) is 0 Å². The van der Waals surface area contributed by atoms with Crippen molar-refractivity contribution in [3.05, 3.63) is 65.9 Å². The molecule has 1 aliphatic rings. The number of anilines is 1. The third-order valence-corrected chi connectivity index (χ3v) is 6.29. The van der Waals surface area contributed by atoms with Gasteiger partial charge in [-0.05, 0) is 42.2 Å². The molecule has 1 atom stereocenters. The molecule has 0 aliphatic carbocycles. The Balaban J connectivity index is 1.44. The molecule has 0 bridgehead atoms. The first-order valence-corrected chi connectivity index (χ1v) is 12.0. The third kappa shape index (κ3) is 6.23. The van der Waals surface area contributed by atoms with Crippen molar-refractivity contribution in [3.8, 4) is 11.5 Å². The standard InChI is InChI=1S/C26H34N6O3/c1-31-13-10-27-25(31)24(20-14-21(34-2)16-22(15-20)35-3)30-26(33)29-18-19-8-9-23(28-17-19)32-11-6-4-5-7-12-32/h8-10,13-17,24H,4-7,11-12,18H2,1-3H3,(H2,29,30,33). The maximum Gasteiger partial charge on any atom is 0.315 e. The molecule has 9 nitrogen and oxygen atoms in total. The molecule has 1 aliphatic heterocycles. The lowest BCUT2D eigenvalue weighted by molar-refractivity contribution is 0.237. The molecule has 4 rings (SSSR count). The highest BCUT2D eigenvalue weighted by atomic mass is 16.5. The van der Waals surface area contributed by atoms with E-state index in [1.54, 1.807) is 26.5 Å². The lowest BCUT2D eigenvalue weighted by atomic mass is 10.1. The minimum atomic E-state index is -0.498. The van der Waals surface area contributed by atoms with E-state index in [0.29, 0.717) is 23.9 Å². The molecule has 2 aromatic heterocycles. The quantitative estimate of drug-likeness (QED) is 0.512. The second-order valence-electron chi connectivity index (χ2n) is 8.73. The number of carbonyl (C=O) groups is 1. The fourth-order valence-electron chi connectivity index (χ4n) is 4.32. The normalized spacial score (nSPS) is 14.7. The van der Waals surface area contributed by atoms with Gasteiger partial charge in [-0.15, -0.1) is 0 Å². The number of aromatic nitrogens is 3. The third-order valence-electron chi connectivity index (χ3n) is 6.29. The number of nitrogens with zero attached hydrogens (tertiary/aromatic N) is 4. The number of carbonyl (C=O) groups excluding carboxylic acids is 1. The number of urea groups is 1. The zero-order chi connectivity index (χ0) is 24.6. The van der Waals surface area contributed by atoms with Crippen LogP contribution in [0.15, 0.2) is 48.9 Å². The van der Waals surface area contributed by atoms with E-state index in [0.717, 1.165) is 30.0 Å². The Morgan fingerprint density at radius 3 is 2.31 bits per heavy atom. The highest BCUT2D eigenvalue weighted by molar-refractivity contribution is 5.75. The molecule has 1 aromatic carbocycles. The second-order valence-corrected chi connectivity index (χ2v) is 8.73. The van der Waals surface area contributed by atoms with Crippen molar-refractivity contribution in [2.75, 3.05) is 32.2 Å². The minimum Gasteiger partial charge on any atom is -0.497 e. The Hall–Kier alpha value is -3.75. The Kier molecular flexibility index (Phi) is 8.07. The second kappa shape index (κ2) is 11.6. The van der Waals surface area contributed by atoms with Crippen LogP contribution < -0.4 is 25.0 Å². The molecule has 186 valence electrons. The summed E-state index contributed by atoms with van der Waals surface area (Å²) in [7, 11) is 5.09. The Labute approximate surface area is 206 Å². The molecule has 9 heteroatoms. The summed E-state index contributed by atoms with van der Waals surface area (Å²) in [5.74, 6) is 2.97. The van der Waals surface area contributed by atoms with Gasteiger partial charge in [-0.1, -0.05) is 18.9 Å². The summed E-state index contributed by atoms with van der Waals surface area (Å²) in [4.78, 5) is 24.4. The molecule has 0 saturated carbocycles. The van der Waals surface area contributed by atoms with Crippen LogP contribution in [0.2, 0.25) is 0 Å². The number of methoxy groups -OCH3 is 2. The van der Waals surface area contributed by atoms with Gasteiger partial charge in [0.25, 0.3) is 0 Å². The van der Waals surface area contributed by atoms with E-state index in [9.17, 15) is 4.79 Å². The molecular weight excluding hydrogens is 444 g/mol. The molecule has 35 heavy (non-hydrogen) atoms. The number of hydrogen-bond acceptors (Lipinski definition) is 6. The van der Waals surface area contributed by atoms with Gasteiger partial charge < -0.3 is 29.6 Å². The number of hydrogen-bond donors (Lipinski definition) is 2. The van der Waals surface area contributed by atoms with E-state index in [2.05, 4.69) is 25.5 Å². The maximum absolute atomic E-state index is 12.9. The minimum absolute atomic E-state index is 0.309. The molecule has 0 spiro atoms. The molecule has 0 radical (unpaired) electrons. The smallest absolute Gasteiger partial charge is 0.315 e. The van der Waals surface area contributed by atoms with Crippen LogP contribution in [0.3, 0.4) is 0 Å². The number of benzene rings is 1. The van der Waals surface area contributed by atoms with Crippen molar-refractivity contribution >= 4 is 11.8 Å². The van der Waals surface area contributed by atoms with E-state index in [-0.39, 0.29) is 6.03 Å².